The molecule has 0 atom stereocenters. The predicted molar refractivity (Wildman–Crippen MR) is 153 cm³/mol. The van der Waals surface area contributed by atoms with E-state index in [2.05, 4.69) is 36.3 Å². The van der Waals surface area contributed by atoms with E-state index in [1.807, 2.05) is 83.8 Å². The fourth-order valence-electron chi connectivity index (χ4n) is 4.04. The van der Waals surface area contributed by atoms with Crippen LogP contribution in [0.4, 0.5) is 11.4 Å². The summed E-state index contributed by atoms with van der Waals surface area (Å²) < 4.78 is 12.1. The number of hydrogen-bond acceptors (Lipinski definition) is 8. The van der Waals surface area contributed by atoms with Crippen molar-refractivity contribution < 1.29 is 18.7 Å². The quantitative estimate of drug-likeness (QED) is 0.262. The first-order valence-corrected chi connectivity index (χ1v) is 14.1. The second-order valence-corrected chi connectivity index (χ2v) is 10.6. The van der Waals surface area contributed by atoms with Gasteiger partial charge in [0.2, 0.25) is 5.91 Å². The standard InChI is InChI=1S/C28H26BrN5O4S/c29-21-8-6-20(7-9-21)27(36)34-16-14-33(15-17-34)23-12-10-22(11-13-23)30-25(35)19-39-28-32-31-26(38-28)18-37-24-4-2-1-3-5-24/h1-13H,14-19H2,(H,30,35). The number of para-hydroxylation sites is 1. The van der Waals surface area contributed by atoms with E-state index in [4.69, 9.17) is 9.15 Å². The molecule has 1 aliphatic heterocycles. The molecule has 9 nitrogen and oxygen atoms in total. The van der Waals surface area contributed by atoms with Crippen molar-refractivity contribution in [1.82, 2.24) is 15.1 Å². The molecule has 2 heterocycles. The summed E-state index contributed by atoms with van der Waals surface area (Å²) >= 11 is 4.57. The van der Waals surface area contributed by atoms with Gasteiger partial charge in [0.05, 0.1) is 5.75 Å². The molecule has 0 radical (unpaired) electrons. The van der Waals surface area contributed by atoms with Crippen LogP contribution in [0.15, 0.2) is 93.0 Å². The molecule has 4 aromatic rings. The lowest BCUT2D eigenvalue weighted by Gasteiger charge is -2.36. The van der Waals surface area contributed by atoms with Crippen molar-refractivity contribution in [3.05, 3.63) is 94.8 Å². The summed E-state index contributed by atoms with van der Waals surface area (Å²) in [5.74, 6) is 1.07. The first-order chi connectivity index (χ1) is 19.0. The Morgan fingerprint density at radius 3 is 2.36 bits per heavy atom. The van der Waals surface area contributed by atoms with Crippen LogP contribution in [-0.4, -0.2) is 58.8 Å². The van der Waals surface area contributed by atoms with Crippen LogP contribution in [0.1, 0.15) is 16.2 Å². The van der Waals surface area contributed by atoms with Gasteiger partial charge in [-0.15, -0.1) is 10.2 Å². The maximum atomic E-state index is 12.8. The number of aromatic nitrogens is 2. The highest BCUT2D eigenvalue weighted by molar-refractivity contribution is 9.10. The number of piperazine rings is 1. The highest BCUT2D eigenvalue weighted by Crippen LogP contribution is 2.22. The van der Waals surface area contributed by atoms with Gasteiger partial charge in [-0.2, -0.15) is 0 Å². The topological polar surface area (TPSA) is 101 Å². The molecular formula is C28H26BrN5O4S. The normalized spacial score (nSPS) is 13.3. The number of carbonyl (C=O) groups is 2. The van der Waals surface area contributed by atoms with Gasteiger partial charge in [-0.05, 0) is 60.7 Å². The Labute approximate surface area is 238 Å². The number of rotatable bonds is 9. The smallest absolute Gasteiger partial charge is 0.277 e. The number of ether oxygens (including phenoxy) is 1. The van der Waals surface area contributed by atoms with Crippen molar-refractivity contribution in [1.29, 1.82) is 0 Å². The number of benzene rings is 3. The molecule has 1 aromatic heterocycles. The SMILES string of the molecule is O=C(CSc1nnc(COc2ccccc2)o1)Nc1ccc(N2CCN(C(=O)c3ccc(Br)cc3)CC2)cc1. The number of carbonyl (C=O) groups excluding carboxylic acids is 2. The molecule has 200 valence electrons. The minimum atomic E-state index is -0.173. The number of anilines is 2. The van der Waals surface area contributed by atoms with Crippen molar-refractivity contribution >= 4 is 50.9 Å². The minimum Gasteiger partial charge on any atom is -0.484 e. The highest BCUT2D eigenvalue weighted by Gasteiger charge is 2.22. The molecule has 0 saturated carbocycles. The van der Waals surface area contributed by atoms with E-state index in [1.165, 1.54) is 11.8 Å². The van der Waals surface area contributed by atoms with Gasteiger partial charge in [-0.25, -0.2) is 0 Å². The summed E-state index contributed by atoms with van der Waals surface area (Å²) in [6.45, 7) is 2.95. The first kappa shape index (κ1) is 26.8. The third kappa shape index (κ3) is 7.39. The monoisotopic (exact) mass is 607 g/mol. The molecule has 1 saturated heterocycles. The van der Waals surface area contributed by atoms with E-state index < -0.39 is 0 Å². The molecule has 3 aromatic carbocycles. The fourth-order valence-corrected chi connectivity index (χ4v) is 4.88. The Kier molecular flexibility index (Phi) is 8.79. The summed E-state index contributed by atoms with van der Waals surface area (Å²) in [5, 5.41) is 11.1. The van der Waals surface area contributed by atoms with Crippen molar-refractivity contribution in [3.8, 4) is 5.75 Å². The Hall–Kier alpha value is -3.83. The average molecular weight is 609 g/mol. The van der Waals surface area contributed by atoms with Gasteiger partial charge in [0.1, 0.15) is 5.75 Å². The Bertz CT molecular complexity index is 1390. The van der Waals surface area contributed by atoms with Gasteiger partial charge in [-0.1, -0.05) is 45.9 Å². The van der Waals surface area contributed by atoms with Crippen LogP contribution >= 0.6 is 27.7 Å². The van der Waals surface area contributed by atoms with E-state index in [9.17, 15) is 9.59 Å². The van der Waals surface area contributed by atoms with Gasteiger partial charge < -0.3 is 24.3 Å². The number of hydrogen-bond donors (Lipinski definition) is 1. The van der Waals surface area contributed by atoms with Crippen molar-refractivity contribution in [2.75, 3.05) is 42.1 Å². The molecule has 0 aliphatic carbocycles. The van der Waals surface area contributed by atoms with E-state index in [1.54, 1.807) is 0 Å². The number of nitrogens with one attached hydrogen (secondary N) is 1. The fraction of sp³-hybridized carbons (Fsp3) is 0.214. The van der Waals surface area contributed by atoms with Crippen molar-refractivity contribution in [3.63, 3.8) is 0 Å². The molecule has 1 aliphatic rings. The maximum Gasteiger partial charge on any atom is 0.277 e. The lowest BCUT2D eigenvalue weighted by Crippen LogP contribution is -2.48. The zero-order chi connectivity index (χ0) is 27.0. The van der Waals surface area contributed by atoms with Crippen LogP contribution in [0.25, 0.3) is 0 Å². The van der Waals surface area contributed by atoms with Crippen LogP contribution < -0.4 is 15.0 Å². The minimum absolute atomic E-state index is 0.0513. The largest absolute Gasteiger partial charge is 0.484 e. The average Bonchev–Trinajstić information content (AvgIpc) is 3.44. The summed E-state index contributed by atoms with van der Waals surface area (Å²) in [7, 11) is 0. The van der Waals surface area contributed by atoms with Crippen LogP contribution in [-0.2, 0) is 11.4 Å². The maximum absolute atomic E-state index is 12.8. The number of halogens is 1. The molecule has 5 rings (SSSR count). The van der Waals surface area contributed by atoms with Crippen LogP contribution in [0.2, 0.25) is 0 Å². The lowest BCUT2D eigenvalue weighted by atomic mass is 10.1. The predicted octanol–water partition coefficient (Wildman–Crippen LogP) is 5.10. The van der Waals surface area contributed by atoms with Gasteiger partial charge in [0.15, 0.2) is 6.61 Å². The number of nitrogens with zero attached hydrogens (tertiary/aromatic N) is 4. The van der Waals surface area contributed by atoms with Crippen LogP contribution in [0.3, 0.4) is 0 Å². The second kappa shape index (κ2) is 12.8. The second-order valence-electron chi connectivity index (χ2n) is 8.73. The Morgan fingerprint density at radius 2 is 1.64 bits per heavy atom. The lowest BCUT2D eigenvalue weighted by molar-refractivity contribution is -0.113. The van der Waals surface area contributed by atoms with E-state index in [0.717, 1.165) is 23.2 Å². The molecule has 39 heavy (non-hydrogen) atoms. The van der Waals surface area contributed by atoms with E-state index in [0.29, 0.717) is 41.2 Å². The molecule has 0 spiro atoms. The number of thioether (sulfide) groups is 1. The third-order valence-electron chi connectivity index (χ3n) is 6.05. The molecule has 0 bridgehead atoms. The van der Waals surface area contributed by atoms with Gasteiger partial charge >= 0.3 is 0 Å². The molecule has 1 N–H and O–H groups in total. The van der Waals surface area contributed by atoms with Crippen LogP contribution in [0.5, 0.6) is 5.75 Å². The summed E-state index contributed by atoms with van der Waals surface area (Å²) in [5.41, 5.74) is 2.45. The van der Waals surface area contributed by atoms with Crippen LogP contribution in [0, 0.1) is 0 Å². The Balaban J connectivity index is 1.04. The highest BCUT2D eigenvalue weighted by atomic mass is 79.9. The van der Waals surface area contributed by atoms with Gasteiger partial charge in [-0.3, -0.25) is 9.59 Å². The molecule has 11 heteroatoms. The molecule has 1 fully saturated rings. The summed E-state index contributed by atoms with van der Waals surface area (Å²) in [4.78, 5) is 29.3. The van der Waals surface area contributed by atoms with Crippen molar-refractivity contribution in [2.24, 2.45) is 0 Å². The van der Waals surface area contributed by atoms with Gasteiger partial charge in [0.25, 0.3) is 17.0 Å². The number of amides is 2. The summed E-state index contributed by atoms with van der Waals surface area (Å²) in [6, 6.07) is 24.5. The Morgan fingerprint density at radius 1 is 0.923 bits per heavy atom. The van der Waals surface area contributed by atoms with E-state index >= 15 is 0 Å². The summed E-state index contributed by atoms with van der Waals surface area (Å²) in [6.07, 6.45) is 0. The van der Waals surface area contributed by atoms with E-state index in [-0.39, 0.29) is 24.2 Å². The van der Waals surface area contributed by atoms with Gasteiger partial charge in [0, 0.05) is 47.6 Å². The zero-order valence-corrected chi connectivity index (χ0v) is 23.4. The molecule has 2 amide bonds. The third-order valence-corrected chi connectivity index (χ3v) is 7.40. The first-order valence-electron chi connectivity index (χ1n) is 12.4. The van der Waals surface area contributed by atoms with Crippen molar-refractivity contribution in [2.45, 2.75) is 11.8 Å². The zero-order valence-electron chi connectivity index (χ0n) is 21.0. The molecular weight excluding hydrogens is 582 g/mol. The molecule has 0 unspecified atom stereocenters.